The third-order valence-corrected chi connectivity index (χ3v) is 0.987. The van der Waals surface area contributed by atoms with Crippen LogP contribution in [0.5, 0.6) is 0 Å². The van der Waals surface area contributed by atoms with Crippen LogP contribution in [0.1, 0.15) is 0 Å². The van der Waals surface area contributed by atoms with Crippen LogP contribution in [0, 0.1) is 0 Å². The third-order valence-electron chi connectivity index (χ3n) is 0.384. The van der Waals surface area contributed by atoms with Crippen LogP contribution in [0.2, 0.25) is 0 Å². The van der Waals surface area contributed by atoms with Crippen LogP contribution in [-0.4, -0.2) is 20.6 Å². The van der Waals surface area contributed by atoms with Crippen molar-refractivity contribution in [2.24, 2.45) is 11.5 Å². The summed E-state index contributed by atoms with van der Waals surface area (Å²) in [6.07, 6.45) is -3.16. The van der Waals surface area contributed by atoms with Crippen molar-refractivity contribution in [3.63, 3.8) is 0 Å². The first-order valence-corrected chi connectivity index (χ1v) is 3.56. The minimum atomic E-state index is -4.77. The average molecular weight is 200 g/mol. The van der Waals surface area contributed by atoms with Crippen LogP contribution in [0.3, 0.4) is 0 Å². The Bertz CT molecular complexity index is 280. The van der Waals surface area contributed by atoms with Crippen LogP contribution < -0.4 is 11.5 Å². The zero-order valence-corrected chi connectivity index (χ0v) is 6.24. The van der Waals surface area contributed by atoms with E-state index in [1.807, 2.05) is 0 Å². The van der Waals surface area contributed by atoms with Gasteiger partial charge in [-0.1, -0.05) is 0 Å². The first-order chi connectivity index (χ1) is 5.33. The van der Waals surface area contributed by atoms with Crippen molar-refractivity contribution in [3.05, 3.63) is 0 Å². The molecule has 12 heavy (non-hydrogen) atoms. The molecule has 0 aliphatic heterocycles. The van der Waals surface area contributed by atoms with Gasteiger partial charge in [0.25, 0.3) is 0 Å². The molecule has 0 fully saturated rings. The van der Waals surface area contributed by atoms with E-state index >= 15 is 0 Å². The molecule has 0 aliphatic carbocycles. The molecule has 0 saturated carbocycles. The first kappa shape index (κ1) is 10.4. The van der Waals surface area contributed by atoms with Crippen molar-refractivity contribution in [1.29, 1.82) is 0 Å². The van der Waals surface area contributed by atoms with Gasteiger partial charge in [0.1, 0.15) is 0 Å². The summed E-state index contributed by atoms with van der Waals surface area (Å²) in [6.45, 7) is 0. The van der Waals surface area contributed by atoms with Gasteiger partial charge in [-0.15, -0.1) is 0 Å². The van der Waals surface area contributed by atoms with Crippen LogP contribution in [0.4, 0.5) is 9.59 Å². The lowest BCUT2D eigenvalue weighted by atomic mass is 11.3. The van der Waals surface area contributed by atoms with Crippen LogP contribution in [-0.2, 0) is 23.8 Å². The second kappa shape index (κ2) is 3.73. The summed E-state index contributed by atoms with van der Waals surface area (Å²) in [5, 5.41) is 0. The molecule has 0 aliphatic rings. The standard InChI is InChI=1S/C2H4N2O7S/c3-1(5)9-11-12(7,8)10-2(4)6/h(H2,3,5)(H2,4,6). The zero-order valence-electron chi connectivity index (χ0n) is 5.42. The number of carbonyl (C=O) groups excluding carboxylic acids is 2. The summed E-state index contributed by atoms with van der Waals surface area (Å²) in [6, 6.07) is 0. The smallest absolute Gasteiger partial charge is 0.334 e. The Morgan fingerprint density at radius 1 is 1.08 bits per heavy atom. The van der Waals surface area contributed by atoms with Crippen molar-refractivity contribution in [2.75, 3.05) is 0 Å². The van der Waals surface area contributed by atoms with Crippen molar-refractivity contribution >= 4 is 22.6 Å². The Hall–Kier alpha value is -1.55. The molecule has 4 N–H and O–H groups in total. The highest BCUT2D eigenvalue weighted by molar-refractivity contribution is 7.82. The molecular weight excluding hydrogens is 196 g/mol. The van der Waals surface area contributed by atoms with E-state index in [1.165, 1.54) is 0 Å². The molecule has 0 radical (unpaired) electrons. The van der Waals surface area contributed by atoms with E-state index in [0.29, 0.717) is 0 Å². The van der Waals surface area contributed by atoms with E-state index in [9.17, 15) is 18.0 Å². The van der Waals surface area contributed by atoms with Gasteiger partial charge in [-0.2, -0.15) is 8.42 Å². The summed E-state index contributed by atoms with van der Waals surface area (Å²) >= 11 is 0. The summed E-state index contributed by atoms with van der Waals surface area (Å²) in [4.78, 5) is 22.9. The maximum absolute atomic E-state index is 10.3. The molecule has 0 saturated heterocycles. The average Bonchev–Trinajstić information content (AvgIpc) is 1.81. The normalized spacial score (nSPS) is 10.3. The van der Waals surface area contributed by atoms with Crippen molar-refractivity contribution in [3.8, 4) is 0 Å². The summed E-state index contributed by atoms with van der Waals surface area (Å²) in [5.74, 6) is 0. The maximum Gasteiger partial charge on any atom is 0.489 e. The first-order valence-electron chi connectivity index (χ1n) is 2.23. The Labute approximate surface area is 66.4 Å². The van der Waals surface area contributed by atoms with E-state index in [2.05, 4.69) is 24.9 Å². The van der Waals surface area contributed by atoms with E-state index in [-0.39, 0.29) is 0 Å². The van der Waals surface area contributed by atoms with Crippen molar-refractivity contribution in [2.45, 2.75) is 0 Å². The molecule has 0 spiro atoms. The Morgan fingerprint density at radius 2 is 1.58 bits per heavy atom. The Kier molecular flexibility index (Phi) is 3.25. The van der Waals surface area contributed by atoms with Gasteiger partial charge in [0.15, 0.2) is 0 Å². The number of carbonyl (C=O) groups is 2. The molecule has 0 atom stereocenters. The molecule has 0 rings (SSSR count). The van der Waals surface area contributed by atoms with E-state index in [0.717, 1.165) is 0 Å². The highest BCUT2D eigenvalue weighted by atomic mass is 32.3. The lowest BCUT2D eigenvalue weighted by Crippen LogP contribution is -2.23. The van der Waals surface area contributed by atoms with Crippen molar-refractivity contribution in [1.82, 2.24) is 0 Å². The van der Waals surface area contributed by atoms with Gasteiger partial charge >= 0.3 is 22.6 Å². The van der Waals surface area contributed by atoms with Gasteiger partial charge in [-0.25, -0.2) is 9.59 Å². The second-order valence-electron chi connectivity index (χ2n) is 1.28. The highest BCUT2D eigenvalue weighted by Crippen LogP contribution is 1.95. The fraction of sp³-hybridized carbons (Fsp3) is 0. The molecule has 10 heteroatoms. The van der Waals surface area contributed by atoms with Gasteiger partial charge in [0.2, 0.25) is 0 Å². The molecule has 0 aromatic carbocycles. The minimum absolute atomic E-state index is 1.52. The Balaban J connectivity index is 4.06. The van der Waals surface area contributed by atoms with Gasteiger partial charge in [0, 0.05) is 0 Å². The fourth-order valence-corrected chi connectivity index (χ4v) is 0.569. The number of primary amides is 2. The third kappa shape index (κ3) is 5.25. The molecular formula is C2H4N2O7S. The van der Waals surface area contributed by atoms with Gasteiger partial charge in [0.05, 0.1) is 0 Å². The largest absolute Gasteiger partial charge is 0.489 e. The number of hydrogen-bond acceptors (Lipinski definition) is 7. The molecule has 0 unspecified atom stereocenters. The van der Waals surface area contributed by atoms with Gasteiger partial charge in [-0.05, 0) is 4.33 Å². The molecule has 70 valence electrons. The lowest BCUT2D eigenvalue weighted by Gasteiger charge is -1.99. The number of nitrogens with two attached hydrogens (primary N) is 2. The fourth-order valence-electron chi connectivity index (χ4n) is 0.190. The highest BCUT2D eigenvalue weighted by Gasteiger charge is 2.19. The summed E-state index contributed by atoms with van der Waals surface area (Å²) in [7, 11) is -4.77. The molecule has 0 aromatic rings. The monoisotopic (exact) mass is 200 g/mol. The second-order valence-corrected chi connectivity index (χ2v) is 2.40. The topological polar surface area (TPSA) is 148 Å². The zero-order chi connectivity index (χ0) is 9.78. The SMILES string of the molecule is NC(=O)OOS(=O)(=O)OC(N)=O. The van der Waals surface area contributed by atoms with Gasteiger partial charge < -0.3 is 15.7 Å². The van der Waals surface area contributed by atoms with Crippen LogP contribution in [0.15, 0.2) is 0 Å². The molecule has 2 amide bonds. The summed E-state index contributed by atoms with van der Waals surface area (Å²) in [5.41, 5.74) is 8.60. The molecule has 0 aromatic heterocycles. The molecule has 0 heterocycles. The molecule has 0 bridgehead atoms. The quantitative estimate of drug-likeness (QED) is 0.409. The maximum atomic E-state index is 10.3. The predicted octanol–water partition coefficient (Wildman–Crippen LogP) is -1.65. The summed E-state index contributed by atoms with van der Waals surface area (Å²) < 4.78 is 27.2. The Morgan fingerprint density at radius 3 is 1.92 bits per heavy atom. The molecule has 9 nitrogen and oxygen atoms in total. The number of rotatable bonds is 3. The predicted molar refractivity (Wildman–Crippen MR) is 31.3 cm³/mol. The number of amides is 2. The van der Waals surface area contributed by atoms with Gasteiger partial charge in [-0.3, -0.25) is 4.89 Å². The van der Waals surface area contributed by atoms with E-state index in [1.54, 1.807) is 0 Å². The van der Waals surface area contributed by atoms with E-state index < -0.39 is 22.6 Å². The lowest BCUT2D eigenvalue weighted by molar-refractivity contribution is -0.140. The van der Waals surface area contributed by atoms with Crippen LogP contribution in [0.25, 0.3) is 0 Å². The van der Waals surface area contributed by atoms with Crippen molar-refractivity contribution < 1.29 is 31.4 Å². The van der Waals surface area contributed by atoms with E-state index in [4.69, 9.17) is 0 Å². The number of hydrogen-bond donors (Lipinski definition) is 2. The minimum Gasteiger partial charge on any atom is -0.334 e. The van der Waals surface area contributed by atoms with Crippen LogP contribution >= 0.6 is 0 Å².